The summed E-state index contributed by atoms with van der Waals surface area (Å²) in [5, 5.41) is 4.79. The summed E-state index contributed by atoms with van der Waals surface area (Å²) in [5.41, 5.74) is 7.68. The number of hydrogen-bond donors (Lipinski definition) is 2. The summed E-state index contributed by atoms with van der Waals surface area (Å²) in [4.78, 5) is 8.45. The Kier molecular flexibility index (Phi) is 3.39. The van der Waals surface area contributed by atoms with Crippen molar-refractivity contribution < 1.29 is 0 Å². The van der Waals surface area contributed by atoms with Crippen LogP contribution in [-0.2, 0) is 6.54 Å². The molecule has 1 aromatic heterocycles. The lowest BCUT2D eigenvalue weighted by atomic mass is 10.2. The van der Waals surface area contributed by atoms with Gasteiger partial charge >= 0.3 is 0 Å². The van der Waals surface area contributed by atoms with Crippen molar-refractivity contribution in [3.8, 4) is 0 Å². The first-order chi connectivity index (χ1) is 9.72. The van der Waals surface area contributed by atoms with Crippen LogP contribution in [0.2, 0.25) is 5.02 Å². The molecule has 0 amide bonds. The molecule has 0 unspecified atom stereocenters. The Morgan fingerprint density at radius 2 is 1.85 bits per heavy atom. The van der Waals surface area contributed by atoms with Crippen molar-refractivity contribution in [2.24, 2.45) is 0 Å². The molecule has 0 atom stereocenters. The maximum Gasteiger partial charge on any atom is 0.222 e. The van der Waals surface area contributed by atoms with Crippen molar-refractivity contribution >= 4 is 34.3 Å². The van der Waals surface area contributed by atoms with Gasteiger partial charge in [-0.3, -0.25) is 0 Å². The molecular weight excluding hydrogens is 272 g/mol. The summed E-state index contributed by atoms with van der Waals surface area (Å²) in [6.45, 7) is 0.666. The Morgan fingerprint density at radius 1 is 1.05 bits per heavy atom. The molecule has 4 nitrogen and oxygen atoms in total. The van der Waals surface area contributed by atoms with Crippen LogP contribution in [0.1, 0.15) is 5.56 Å². The lowest BCUT2D eigenvalue weighted by Gasteiger charge is -2.09. The Balaban J connectivity index is 1.96. The maximum atomic E-state index is 6.03. The van der Waals surface area contributed by atoms with Gasteiger partial charge in [0, 0.05) is 17.0 Å². The second-order valence-electron chi connectivity index (χ2n) is 4.43. The quantitative estimate of drug-likeness (QED) is 0.773. The summed E-state index contributed by atoms with van der Waals surface area (Å²) < 4.78 is 0. The zero-order chi connectivity index (χ0) is 13.9. The first-order valence-corrected chi connectivity index (χ1v) is 6.61. The van der Waals surface area contributed by atoms with Gasteiger partial charge < -0.3 is 11.1 Å². The lowest BCUT2D eigenvalue weighted by Crippen LogP contribution is -2.05. The number of nitrogens with zero attached hydrogens (tertiary/aromatic N) is 2. The van der Waals surface area contributed by atoms with E-state index in [0.717, 1.165) is 10.9 Å². The number of hydrogen-bond acceptors (Lipinski definition) is 4. The third-order valence-electron chi connectivity index (χ3n) is 2.98. The summed E-state index contributed by atoms with van der Waals surface area (Å²) >= 11 is 6.03. The highest BCUT2D eigenvalue weighted by Crippen LogP contribution is 2.25. The molecule has 2 aromatic carbocycles. The van der Waals surface area contributed by atoms with Crippen molar-refractivity contribution in [3.05, 3.63) is 59.1 Å². The van der Waals surface area contributed by atoms with E-state index in [-0.39, 0.29) is 5.95 Å². The van der Waals surface area contributed by atoms with E-state index in [4.69, 9.17) is 17.3 Å². The first-order valence-electron chi connectivity index (χ1n) is 6.23. The second-order valence-corrected chi connectivity index (χ2v) is 4.87. The molecule has 0 bridgehead atoms. The van der Waals surface area contributed by atoms with E-state index in [1.54, 1.807) is 6.07 Å². The molecule has 3 rings (SSSR count). The normalized spacial score (nSPS) is 10.7. The number of fused-ring (bicyclic) bond motifs is 1. The van der Waals surface area contributed by atoms with E-state index >= 15 is 0 Å². The number of nitrogen functional groups attached to an aromatic ring is 1. The van der Waals surface area contributed by atoms with Crippen LogP contribution in [0.15, 0.2) is 48.5 Å². The minimum Gasteiger partial charge on any atom is -0.368 e. The third kappa shape index (κ3) is 2.65. The molecule has 3 aromatic rings. The van der Waals surface area contributed by atoms with E-state index in [1.807, 2.05) is 42.5 Å². The highest BCUT2D eigenvalue weighted by atomic mass is 35.5. The van der Waals surface area contributed by atoms with Crippen LogP contribution in [0, 0.1) is 0 Å². The van der Waals surface area contributed by atoms with Gasteiger partial charge in [0.15, 0.2) is 0 Å². The van der Waals surface area contributed by atoms with Gasteiger partial charge in [0.05, 0.1) is 5.52 Å². The largest absolute Gasteiger partial charge is 0.368 e. The molecule has 0 aliphatic heterocycles. The minimum atomic E-state index is 0.246. The Hall–Kier alpha value is -2.33. The van der Waals surface area contributed by atoms with Gasteiger partial charge in [0.1, 0.15) is 5.82 Å². The smallest absolute Gasteiger partial charge is 0.222 e. The number of anilines is 2. The average molecular weight is 285 g/mol. The molecule has 3 N–H and O–H groups in total. The molecule has 20 heavy (non-hydrogen) atoms. The fourth-order valence-electron chi connectivity index (χ4n) is 2.04. The van der Waals surface area contributed by atoms with Crippen molar-refractivity contribution in [2.75, 3.05) is 11.1 Å². The topological polar surface area (TPSA) is 63.8 Å². The van der Waals surface area contributed by atoms with Crippen molar-refractivity contribution in [1.82, 2.24) is 9.97 Å². The Bertz CT molecular complexity index is 743. The number of rotatable bonds is 3. The molecule has 0 aliphatic carbocycles. The van der Waals surface area contributed by atoms with E-state index in [9.17, 15) is 0 Å². The highest BCUT2D eigenvalue weighted by Gasteiger charge is 2.06. The predicted molar refractivity (Wildman–Crippen MR) is 82.7 cm³/mol. The summed E-state index contributed by atoms with van der Waals surface area (Å²) in [6, 6.07) is 15.5. The van der Waals surface area contributed by atoms with Crippen molar-refractivity contribution in [1.29, 1.82) is 0 Å². The first kappa shape index (κ1) is 12.7. The molecule has 5 heteroatoms. The molecule has 0 fully saturated rings. The predicted octanol–water partition coefficient (Wildman–Crippen LogP) is 3.48. The van der Waals surface area contributed by atoms with Gasteiger partial charge in [0.25, 0.3) is 0 Å². The van der Waals surface area contributed by atoms with E-state index in [2.05, 4.69) is 15.3 Å². The maximum absolute atomic E-state index is 6.03. The molecule has 100 valence electrons. The van der Waals surface area contributed by atoms with Crippen LogP contribution < -0.4 is 11.1 Å². The molecule has 0 saturated carbocycles. The number of aromatic nitrogens is 2. The van der Waals surface area contributed by atoms with Crippen LogP contribution in [-0.4, -0.2) is 9.97 Å². The van der Waals surface area contributed by atoms with Crippen LogP contribution in [0.5, 0.6) is 0 Å². The summed E-state index contributed by atoms with van der Waals surface area (Å²) in [6.07, 6.45) is 0. The van der Waals surface area contributed by atoms with Crippen LogP contribution >= 0.6 is 11.6 Å². The van der Waals surface area contributed by atoms with Gasteiger partial charge in [-0.25, -0.2) is 4.98 Å². The SMILES string of the molecule is Nc1nc(NCc2ccccc2)c2cc(Cl)ccc2n1. The number of nitrogens with two attached hydrogens (primary N) is 1. The van der Waals surface area contributed by atoms with E-state index in [1.165, 1.54) is 5.56 Å². The Morgan fingerprint density at radius 3 is 2.65 bits per heavy atom. The monoisotopic (exact) mass is 284 g/mol. The van der Waals surface area contributed by atoms with E-state index < -0.39 is 0 Å². The fraction of sp³-hybridized carbons (Fsp3) is 0.0667. The third-order valence-corrected chi connectivity index (χ3v) is 3.21. The summed E-state index contributed by atoms with van der Waals surface area (Å²) in [5.74, 6) is 0.939. The molecule has 0 aliphatic rings. The standard InChI is InChI=1S/C15H13ClN4/c16-11-6-7-13-12(8-11)14(20-15(17)19-13)18-9-10-4-2-1-3-5-10/h1-8H,9H2,(H3,17,18,19,20). The van der Waals surface area contributed by atoms with Gasteiger partial charge in [-0.2, -0.15) is 4.98 Å². The Labute approximate surface area is 121 Å². The average Bonchev–Trinajstić information content (AvgIpc) is 2.46. The van der Waals surface area contributed by atoms with E-state index in [0.29, 0.717) is 17.4 Å². The van der Waals surface area contributed by atoms with Crippen LogP contribution in [0.25, 0.3) is 10.9 Å². The lowest BCUT2D eigenvalue weighted by molar-refractivity contribution is 1.11. The molecule has 0 spiro atoms. The molecule has 1 heterocycles. The zero-order valence-corrected chi connectivity index (χ0v) is 11.4. The molecule has 0 radical (unpaired) electrons. The van der Waals surface area contributed by atoms with Crippen molar-refractivity contribution in [3.63, 3.8) is 0 Å². The van der Waals surface area contributed by atoms with Crippen LogP contribution in [0.4, 0.5) is 11.8 Å². The molecular formula is C15H13ClN4. The fourth-order valence-corrected chi connectivity index (χ4v) is 2.21. The van der Waals surface area contributed by atoms with Gasteiger partial charge in [0.2, 0.25) is 5.95 Å². The molecule has 0 saturated heterocycles. The van der Waals surface area contributed by atoms with Gasteiger partial charge in [-0.1, -0.05) is 41.9 Å². The number of nitrogens with one attached hydrogen (secondary N) is 1. The number of halogens is 1. The number of benzene rings is 2. The zero-order valence-electron chi connectivity index (χ0n) is 10.7. The van der Waals surface area contributed by atoms with Crippen molar-refractivity contribution in [2.45, 2.75) is 6.54 Å². The minimum absolute atomic E-state index is 0.246. The second kappa shape index (κ2) is 5.35. The van der Waals surface area contributed by atoms with Gasteiger partial charge in [-0.05, 0) is 23.8 Å². The summed E-state index contributed by atoms with van der Waals surface area (Å²) in [7, 11) is 0. The highest BCUT2D eigenvalue weighted by molar-refractivity contribution is 6.31. The van der Waals surface area contributed by atoms with Crippen LogP contribution in [0.3, 0.4) is 0 Å². The van der Waals surface area contributed by atoms with Gasteiger partial charge in [-0.15, -0.1) is 0 Å².